The highest BCUT2D eigenvalue weighted by Crippen LogP contribution is 2.20. The minimum Gasteiger partial charge on any atom is -0.326 e. The van der Waals surface area contributed by atoms with Crippen molar-refractivity contribution in [1.82, 2.24) is 24.2 Å². The molecule has 186 valence electrons. The van der Waals surface area contributed by atoms with Crippen molar-refractivity contribution in [3.8, 4) is 5.69 Å². The van der Waals surface area contributed by atoms with E-state index in [-0.39, 0.29) is 24.3 Å². The Bertz CT molecular complexity index is 1430. The molecular weight excluding hydrogens is 452 g/mol. The van der Waals surface area contributed by atoms with Gasteiger partial charge in [-0.3, -0.25) is 19.1 Å². The first-order chi connectivity index (χ1) is 17.5. The van der Waals surface area contributed by atoms with Gasteiger partial charge in [-0.2, -0.15) is 5.10 Å². The van der Waals surface area contributed by atoms with Crippen molar-refractivity contribution >= 4 is 22.8 Å². The molecule has 1 amide bonds. The lowest BCUT2D eigenvalue weighted by Gasteiger charge is -2.15. The number of nitrogens with one attached hydrogen (secondary N) is 1. The second-order valence-electron chi connectivity index (χ2n) is 9.34. The van der Waals surface area contributed by atoms with Gasteiger partial charge >= 0.3 is 0 Å². The highest BCUT2D eigenvalue weighted by Gasteiger charge is 2.19. The van der Waals surface area contributed by atoms with Gasteiger partial charge in [-0.1, -0.05) is 30.3 Å². The van der Waals surface area contributed by atoms with Crippen LogP contribution in [-0.2, 0) is 24.3 Å². The van der Waals surface area contributed by atoms with Crippen molar-refractivity contribution in [1.29, 1.82) is 0 Å². The fourth-order valence-corrected chi connectivity index (χ4v) is 4.92. The first-order valence-corrected chi connectivity index (χ1v) is 12.7. The van der Waals surface area contributed by atoms with Crippen molar-refractivity contribution in [2.45, 2.75) is 52.6 Å². The highest BCUT2D eigenvalue weighted by atomic mass is 16.1. The second kappa shape index (κ2) is 10.5. The summed E-state index contributed by atoms with van der Waals surface area (Å²) in [5, 5.41) is 7.65. The van der Waals surface area contributed by atoms with Gasteiger partial charge in [0.1, 0.15) is 11.2 Å². The number of amides is 1. The summed E-state index contributed by atoms with van der Waals surface area (Å²) in [5.74, 6) is -0.130. The van der Waals surface area contributed by atoms with Crippen molar-refractivity contribution in [2.75, 3.05) is 18.4 Å². The summed E-state index contributed by atoms with van der Waals surface area (Å²) in [4.78, 5) is 33.2. The van der Waals surface area contributed by atoms with Crippen LogP contribution in [0.5, 0.6) is 0 Å². The molecule has 0 atom stereocenters. The maximum absolute atomic E-state index is 13.3. The number of rotatable bonds is 8. The predicted octanol–water partition coefficient (Wildman–Crippen LogP) is 4.08. The number of fused-ring (bicyclic) bond motifs is 1. The summed E-state index contributed by atoms with van der Waals surface area (Å²) in [7, 11) is 0. The Labute approximate surface area is 210 Å². The van der Waals surface area contributed by atoms with Crippen LogP contribution < -0.4 is 10.9 Å². The maximum atomic E-state index is 13.3. The zero-order valence-electron chi connectivity index (χ0n) is 20.9. The van der Waals surface area contributed by atoms with E-state index in [1.165, 1.54) is 18.4 Å². The molecule has 0 unspecified atom stereocenters. The van der Waals surface area contributed by atoms with Gasteiger partial charge in [0.05, 0.1) is 11.4 Å². The largest absolute Gasteiger partial charge is 0.326 e. The van der Waals surface area contributed by atoms with Crippen molar-refractivity contribution in [3.05, 3.63) is 81.9 Å². The minimum absolute atomic E-state index is 0.130. The predicted molar refractivity (Wildman–Crippen MR) is 141 cm³/mol. The van der Waals surface area contributed by atoms with E-state index in [2.05, 4.69) is 26.4 Å². The molecule has 1 fully saturated rings. The molecule has 36 heavy (non-hydrogen) atoms. The van der Waals surface area contributed by atoms with Crippen LogP contribution in [0.1, 0.15) is 43.1 Å². The summed E-state index contributed by atoms with van der Waals surface area (Å²) in [6, 6.07) is 17.7. The summed E-state index contributed by atoms with van der Waals surface area (Å²) < 4.78 is 3.47. The lowest BCUT2D eigenvalue weighted by molar-refractivity contribution is -0.116. The number of benzene rings is 2. The Morgan fingerprint density at radius 2 is 1.83 bits per heavy atom. The number of carbonyl (C=O) groups excluding carboxylic acids is 1. The van der Waals surface area contributed by atoms with Crippen LogP contribution in [0.4, 0.5) is 5.69 Å². The quantitative estimate of drug-likeness (QED) is 0.407. The number of hydrogen-bond acceptors (Lipinski definition) is 5. The van der Waals surface area contributed by atoms with E-state index in [1.54, 1.807) is 9.25 Å². The molecule has 8 heteroatoms. The Balaban J connectivity index is 1.33. The van der Waals surface area contributed by atoms with E-state index in [4.69, 9.17) is 0 Å². The molecule has 0 bridgehead atoms. The summed E-state index contributed by atoms with van der Waals surface area (Å²) in [5.41, 5.74) is 5.17. The van der Waals surface area contributed by atoms with Gasteiger partial charge in [0, 0.05) is 31.6 Å². The number of hydrogen-bond donors (Lipinski definition) is 1. The number of carbonyl (C=O) groups is 1. The van der Waals surface area contributed by atoms with Crippen LogP contribution in [0.3, 0.4) is 0 Å². The zero-order valence-corrected chi connectivity index (χ0v) is 20.9. The van der Waals surface area contributed by atoms with Gasteiger partial charge in [-0.05, 0) is 69.6 Å². The van der Waals surface area contributed by atoms with Gasteiger partial charge in [-0.15, -0.1) is 0 Å². The lowest BCUT2D eigenvalue weighted by atomic mass is 10.1. The van der Waals surface area contributed by atoms with Crippen LogP contribution in [-0.4, -0.2) is 43.2 Å². The number of aryl methyl sites for hydroxylation is 3. The Kier molecular flexibility index (Phi) is 6.95. The molecule has 4 aromatic rings. The molecule has 8 nitrogen and oxygen atoms in total. The van der Waals surface area contributed by atoms with Crippen LogP contribution in [0.2, 0.25) is 0 Å². The SMILES string of the molecule is CCn1c(=O)c(CCC(=O)Nc2cccc(CN3CCCC3)c2)nc2c(C)nn(-c3ccccc3)c21. The molecule has 0 radical (unpaired) electrons. The number of anilines is 1. The zero-order chi connectivity index (χ0) is 25.1. The highest BCUT2D eigenvalue weighted by molar-refractivity contribution is 5.90. The average molecular weight is 485 g/mol. The summed E-state index contributed by atoms with van der Waals surface area (Å²) >= 11 is 0. The number of likely N-dealkylation sites (tertiary alicyclic amines) is 1. The summed E-state index contributed by atoms with van der Waals surface area (Å²) in [6.07, 6.45) is 2.95. The van der Waals surface area contributed by atoms with E-state index < -0.39 is 0 Å². The third kappa shape index (κ3) is 4.95. The van der Waals surface area contributed by atoms with Crippen molar-refractivity contribution < 1.29 is 4.79 Å². The monoisotopic (exact) mass is 484 g/mol. The van der Waals surface area contributed by atoms with Gasteiger partial charge in [-0.25, -0.2) is 9.67 Å². The minimum atomic E-state index is -0.178. The normalized spacial score (nSPS) is 13.9. The van der Waals surface area contributed by atoms with Gasteiger partial charge < -0.3 is 5.32 Å². The molecule has 1 aliphatic heterocycles. The van der Waals surface area contributed by atoms with Gasteiger partial charge in [0.15, 0.2) is 5.65 Å². The molecule has 0 aliphatic carbocycles. The average Bonchev–Trinajstić information content (AvgIpc) is 3.51. The fourth-order valence-electron chi connectivity index (χ4n) is 4.92. The van der Waals surface area contributed by atoms with Crippen molar-refractivity contribution in [2.24, 2.45) is 0 Å². The molecule has 0 spiro atoms. The molecule has 2 aromatic heterocycles. The molecule has 0 saturated carbocycles. The molecule has 1 N–H and O–H groups in total. The van der Waals surface area contributed by atoms with E-state index in [9.17, 15) is 9.59 Å². The third-order valence-corrected chi connectivity index (χ3v) is 6.72. The first kappa shape index (κ1) is 23.9. The molecule has 1 saturated heterocycles. The van der Waals surface area contributed by atoms with Crippen LogP contribution in [0.25, 0.3) is 16.9 Å². The molecule has 2 aromatic carbocycles. The molecule has 5 rings (SSSR count). The summed E-state index contributed by atoms with van der Waals surface area (Å²) in [6.45, 7) is 7.48. The standard InChI is InChI=1S/C28H32N6O2/c1-3-33-27-26(20(2)31-34(27)23-12-5-4-6-13-23)30-24(28(33)36)14-15-25(35)29-22-11-9-10-21(18-22)19-32-16-7-8-17-32/h4-6,9-13,18H,3,7-8,14-17,19H2,1-2H3,(H,29,35). The van der Waals surface area contributed by atoms with Crippen LogP contribution in [0.15, 0.2) is 59.4 Å². The number of nitrogens with zero attached hydrogens (tertiary/aromatic N) is 5. The maximum Gasteiger partial charge on any atom is 0.273 e. The topological polar surface area (TPSA) is 85.1 Å². The fraction of sp³-hybridized carbons (Fsp3) is 0.357. The van der Waals surface area contributed by atoms with E-state index in [1.807, 2.05) is 62.4 Å². The van der Waals surface area contributed by atoms with Gasteiger partial charge in [0.2, 0.25) is 5.91 Å². The first-order valence-electron chi connectivity index (χ1n) is 12.7. The van der Waals surface area contributed by atoms with Crippen LogP contribution in [0, 0.1) is 6.92 Å². The number of para-hydroxylation sites is 1. The van der Waals surface area contributed by atoms with Gasteiger partial charge in [0.25, 0.3) is 5.56 Å². The smallest absolute Gasteiger partial charge is 0.273 e. The van der Waals surface area contributed by atoms with Crippen molar-refractivity contribution in [3.63, 3.8) is 0 Å². The Hall–Kier alpha value is -3.78. The molecule has 1 aliphatic rings. The Morgan fingerprint density at radius 1 is 1.06 bits per heavy atom. The van der Waals surface area contributed by atoms with E-state index in [0.717, 1.165) is 36.7 Å². The molecular formula is C28H32N6O2. The Morgan fingerprint density at radius 3 is 2.58 bits per heavy atom. The van der Waals surface area contributed by atoms with E-state index in [0.29, 0.717) is 23.4 Å². The lowest BCUT2D eigenvalue weighted by Crippen LogP contribution is -2.27. The molecule has 3 heterocycles. The number of aromatic nitrogens is 4. The van der Waals surface area contributed by atoms with E-state index >= 15 is 0 Å². The third-order valence-electron chi connectivity index (χ3n) is 6.72. The van der Waals surface area contributed by atoms with Crippen LogP contribution >= 0.6 is 0 Å². The second-order valence-corrected chi connectivity index (χ2v) is 9.34.